The number of ether oxygens (including phenoxy) is 1. The molecule has 9 rings (SSSR count). The smallest absolute Gasteiger partial charge is 0.217 e. The Hall–Kier alpha value is -4.42. The van der Waals surface area contributed by atoms with E-state index in [1.54, 1.807) is 11.8 Å². The lowest BCUT2D eigenvalue weighted by Crippen LogP contribution is -2.51. The summed E-state index contributed by atoms with van der Waals surface area (Å²) in [5, 5.41) is 3.47. The second kappa shape index (κ2) is 9.38. The third-order valence-corrected chi connectivity index (χ3v) is 13.0. The van der Waals surface area contributed by atoms with Crippen LogP contribution in [0.15, 0.2) is 93.9 Å². The molecule has 0 N–H and O–H groups in total. The van der Waals surface area contributed by atoms with Crippen LogP contribution in [-0.4, -0.2) is 26.0 Å². The van der Waals surface area contributed by atoms with Crippen molar-refractivity contribution in [3.05, 3.63) is 124 Å². The van der Waals surface area contributed by atoms with E-state index in [0.717, 1.165) is 22.1 Å². The van der Waals surface area contributed by atoms with Crippen molar-refractivity contribution in [2.24, 2.45) is 4.99 Å². The molecule has 3 aliphatic rings. The summed E-state index contributed by atoms with van der Waals surface area (Å²) >= 11 is 1.70. The first kappa shape index (κ1) is 29.7. The molecule has 6 aromatic rings. The number of pyridine rings is 2. The Kier molecular flexibility index (Phi) is 5.80. The summed E-state index contributed by atoms with van der Waals surface area (Å²) in [7, 11) is 0. The summed E-state index contributed by atoms with van der Waals surface area (Å²) in [6.45, 7) is 20.1. The van der Waals surface area contributed by atoms with Gasteiger partial charge in [0.25, 0.3) is 0 Å². The zero-order chi connectivity index (χ0) is 33.5. The lowest BCUT2D eigenvalue weighted by atomic mass is 9.71. The van der Waals surface area contributed by atoms with Gasteiger partial charge in [0.15, 0.2) is 0 Å². The molecular formula is C42H40N4OS. The van der Waals surface area contributed by atoms with E-state index in [9.17, 15) is 0 Å². The first-order valence-electron chi connectivity index (χ1n) is 16.9. The maximum atomic E-state index is 6.95. The van der Waals surface area contributed by atoms with Gasteiger partial charge in [0, 0.05) is 49.5 Å². The van der Waals surface area contributed by atoms with E-state index >= 15 is 0 Å². The number of nitrogens with zero attached hydrogens (tertiary/aromatic N) is 4. The summed E-state index contributed by atoms with van der Waals surface area (Å²) in [5.74, 6) is 1.71. The Morgan fingerprint density at radius 3 is 2.29 bits per heavy atom. The van der Waals surface area contributed by atoms with Crippen molar-refractivity contribution in [1.29, 1.82) is 0 Å². The van der Waals surface area contributed by atoms with Crippen molar-refractivity contribution in [1.82, 2.24) is 14.5 Å². The van der Waals surface area contributed by atoms with Crippen molar-refractivity contribution in [3.63, 3.8) is 0 Å². The second-order valence-corrected chi connectivity index (χ2v) is 16.5. The van der Waals surface area contributed by atoms with Crippen LogP contribution < -0.4 is 0 Å². The van der Waals surface area contributed by atoms with E-state index in [1.807, 2.05) is 6.20 Å². The van der Waals surface area contributed by atoms with Gasteiger partial charge in [-0.3, -0.25) is 4.57 Å². The number of benzene rings is 3. The molecule has 240 valence electrons. The lowest BCUT2D eigenvalue weighted by molar-refractivity contribution is -0.0136. The molecule has 3 aromatic heterocycles. The summed E-state index contributed by atoms with van der Waals surface area (Å²) in [6, 6.07) is 26.6. The molecule has 6 heteroatoms. The number of aliphatic imine (C=N–C) groups is 1. The van der Waals surface area contributed by atoms with E-state index < -0.39 is 11.1 Å². The minimum absolute atomic E-state index is 0.151. The van der Waals surface area contributed by atoms with Crippen molar-refractivity contribution in [3.8, 4) is 5.82 Å². The van der Waals surface area contributed by atoms with E-state index in [0.29, 0.717) is 5.90 Å². The largest absolute Gasteiger partial charge is 0.467 e. The van der Waals surface area contributed by atoms with Crippen LogP contribution in [-0.2, 0) is 21.1 Å². The van der Waals surface area contributed by atoms with Gasteiger partial charge >= 0.3 is 0 Å². The van der Waals surface area contributed by atoms with Crippen molar-refractivity contribution >= 4 is 39.5 Å². The van der Waals surface area contributed by atoms with Crippen LogP contribution in [0.5, 0.6) is 0 Å². The average Bonchev–Trinajstić information content (AvgIpc) is 3.55. The molecule has 5 heterocycles. The van der Waals surface area contributed by atoms with Gasteiger partial charge in [-0.25, -0.2) is 15.0 Å². The third-order valence-electron chi connectivity index (χ3n) is 11.9. The van der Waals surface area contributed by atoms with E-state index in [2.05, 4.69) is 140 Å². The molecule has 0 unspecified atom stereocenters. The lowest BCUT2D eigenvalue weighted by Gasteiger charge is -2.41. The zero-order valence-electron chi connectivity index (χ0n) is 29.1. The van der Waals surface area contributed by atoms with Gasteiger partial charge in [0.05, 0.1) is 11.0 Å². The molecule has 0 bridgehead atoms. The van der Waals surface area contributed by atoms with E-state index in [4.69, 9.17) is 19.7 Å². The van der Waals surface area contributed by atoms with Gasteiger partial charge in [0.1, 0.15) is 22.0 Å². The minimum Gasteiger partial charge on any atom is -0.467 e. The van der Waals surface area contributed by atoms with Gasteiger partial charge in [0.2, 0.25) is 5.90 Å². The molecule has 48 heavy (non-hydrogen) atoms. The highest BCUT2D eigenvalue weighted by Gasteiger charge is 2.67. The molecular weight excluding hydrogens is 609 g/mol. The summed E-state index contributed by atoms with van der Waals surface area (Å²) in [4.78, 5) is 16.5. The summed E-state index contributed by atoms with van der Waals surface area (Å²) < 4.78 is 9.33. The van der Waals surface area contributed by atoms with Crippen LogP contribution in [0.3, 0.4) is 0 Å². The summed E-state index contributed by atoms with van der Waals surface area (Å²) in [6.07, 6.45) is 1.91. The van der Waals surface area contributed by atoms with Crippen molar-refractivity contribution < 1.29 is 4.74 Å². The second-order valence-electron chi connectivity index (χ2n) is 15.4. The predicted octanol–water partition coefficient (Wildman–Crippen LogP) is 10.0. The van der Waals surface area contributed by atoms with Crippen LogP contribution in [0, 0.1) is 20.8 Å². The van der Waals surface area contributed by atoms with E-state index in [-0.39, 0.29) is 10.8 Å². The third kappa shape index (κ3) is 3.62. The maximum Gasteiger partial charge on any atom is 0.217 e. The van der Waals surface area contributed by atoms with Crippen LogP contribution in [0.1, 0.15) is 86.2 Å². The van der Waals surface area contributed by atoms with Crippen LogP contribution in [0.4, 0.5) is 0 Å². The Balaban J connectivity index is 1.17. The van der Waals surface area contributed by atoms with Crippen LogP contribution >= 0.6 is 11.8 Å². The molecule has 1 aliphatic carbocycles. The average molecular weight is 649 g/mol. The standard InChI is InChI=1S/C42H40N4OS/c1-23-17-28-27-19-24(2)34(22-33(27)46-36(28)32(18-23)39(4,5)31-15-12-16-43-37(31)46)48-35-21-26(20-25(3)44-35)38-45-41(8)30-14-11-10-13-29(30)40(6,7)42(41,9)47-38/h10-22H,1-9H3/t41-,42+/m1/s1. The molecule has 5 nitrogen and oxygen atoms in total. The highest BCUT2D eigenvalue weighted by atomic mass is 32.2. The first-order valence-corrected chi connectivity index (χ1v) is 17.7. The highest BCUT2D eigenvalue weighted by Crippen LogP contribution is 2.61. The number of rotatable bonds is 3. The summed E-state index contributed by atoms with van der Waals surface area (Å²) in [5.41, 5.74) is 10.6. The monoisotopic (exact) mass is 648 g/mol. The molecule has 0 saturated carbocycles. The first-order chi connectivity index (χ1) is 22.7. The quantitative estimate of drug-likeness (QED) is 0.192. The van der Waals surface area contributed by atoms with E-state index in [1.165, 1.54) is 60.1 Å². The fourth-order valence-electron chi connectivity index (χ4n) is 8.88. The number of hydrogen-bond donors (Lipinski definition) is 0. The number of hydrogen-bond acceptors (Lipinski definition) is 5. The number of fused-ring (bicyclic) bond motifs is 8. The molecule has 2 aliphatic heterocycles. The Morgan fingerprint density at radius 2 is 1.50 bits per heavy atom. The molecule has 0 radical (unpaired) electrons. The Morgan fingerprint density at radius 1 is 0.750 bits per heavy atom. The Labute approximate surface area is 286 Å². The van der Waals surface area contributed by atoms with Gasteiger partial charge in [-0.1, -0.05) is 81.4 Å². The minimum atomic E-state index is -0.514. The molecule has 0 fully saturated rings. The molecule has 0 saturated heterocycles. The fraction of sp³-hybridized carbons (Fsp3) is 0.310. The maximum absolute atomic E-state index is 6.95. The van der Waals surface area contributed by atoms with Gasteiger partial charge in [-0.15, -0.1) is 0 Å². The van der Waals surface area contributed by atoms with Gasteiger partial charge in [-0.2, -0.15) is 0 Å². The number of aryl methyl sites for hydroxylation is 3. The number of aromatic nitrogens is 3. The topological polar surface area (TPSA) is 52.3 Å². The van der Waals surface area contributed by atoms with Crippen LogP contribution in [0.2, 0.25) is 0 Å². The van der Waals surface area contributed by atoms with Gasteiger partial charge < -0.3 is 4.74 Å². The normalized spacial score (nSPS) is 22.7. The molecule has 2 atom stereocenters. The van der Waals surface area contributed by atoms with Crippen LogP contribution in [0.25, 0.3) is 27.6 Å². The van der Waals surface area contributed by atoms with Crippen molar-refractivity contribution in [2.75, 3.05) is 0 Å². The SMILES string of the molecule is Cc1cc2c3c(c1)c1cc(C)c(Sc4cc(C5=N[C@]6(C)c7ccccc7C(C)(C)[C@]6(C)O5)cc(C)n4)cc1n3-c1ncccc1C2(C)C. The highest BCUT2D eigenvalue weighted by molar-refractivity contribution is 7.99. The Bertz CT molecular complexity index is 2430. The van der Waals surface area contributed by atoms with Gasteiger partial charge in [-0.05, 0) is 93.3 Å². The fourth-order valence-corrected chi connectivity index (χ4v) is 9.87. The zero-order valence-corrected chi connectivity index (χ0v) is 29.9. The molecule has 0 amide bonds. The molecule has 3 aromatic carbocycles. The van der Waals surface area contributed by atoms with Crippen molar-refractivity contribution in [2.45, 2.75) is 94.2 Å². The predicted molar refractivity (Wildman–Crippen MR) is 196 cm³/mol. The molecule has 0 spiro atoms.